The Morgan fingerprint density at radius 3 is 2.29 bits per heavy atom. The van der Waals surface area contributed by atoms with Gasteiger partial charge in [0.2, 0.25) is 0 Å². The van der Waals surface area contributed by atoms with Crippen molar-refractivity contribution in [1.29, 1.82) is 0 Å². The molecular formula is C22H30N2O4. The van der Waals surface area contributed by atoms with Crippen molar-refractivity contribution in [3.63, 3.8) is 0 Å². The van der Waals surface area contributed by atoms with Gasteiger partial charge in [0.25, 0.3) is 5.91 Å². The van der Waals surface area contributed by atoms with Gasteiger partial charge >= 0.3 is 0 Å². The highest BCUT2D eigenvalue weighted by molar-refractivity contribution is 5.91. The number of rotatable bonds is 6. The molecule has 0 saturated carbocycles. The van der Waals surface area contributed by atoms with Crippen LogP contribution >= 0.6 is 0 Å². The highest BCUT2D eigenvalue weighted by atomic mass is 16.5. The molecule has 1 amide bonds. The summed E-state index contributed by atoms with van der Waals surface area (Å²) in [6, 6.07) is 10.9. The van der Waals surface area contributed by atoms with E-state index in [1.165, 1.54) is 0 Å². The van der Waals surface area contributed by atoms with Gasteiger partial charge < -0.3 is 24.5 Å². The normalized spacial score (nSPS) is 18.5. The lowest BCUT2D eigenvalue weighted by atomic mass is 9.79. The number of nitrogens with one attached hydrogen (secondary N) is 2. The fraction of sp³-hybridized carbons (Fsp3) is 0.500. The van der Waals surface area contributed by atoms with Crippen LogP contribution in [0.2, 0.25) is 0 Å². The maximum Gasteiger partial charge on any atom is 0.287 e. The molecule has 2 aromatic rings. The summed E-state index contributed by atoms with van der Waals surface area (Å²) in [7, 11) is 1.62. The minimum Gasteiger partial charge on any atom is -0.497 e. The van der Waals surface area contributed by atoms with Crippen molar-refractivity contribution < 1.29 is 18.7 Å². The van der Waals surface area contributed by atoms with E-state index in [1.807, 2.05) is 24.3 Å². The van der Waals surface area contributed by atoms with E-state index in [1.54, 1.807) is 19.2 Å². The minimum absolute atomic E-state index is 0.0276. The third-order valence-electron chi connectivity index (χ3n) is 4.85. The second-order valence-corrected chi connectivity index (χ2v) is 8.70. The van der Waals surface area contributed by atoms with E-state index in [0.717, 1.165) is 18.6 Å². The van der Waals surface area contributed by atoms with Crippen molar-refractivity contribution in [3.05, 3.63) is 47.9 Å². The van der Waals surface area contributed by atoms with Crippen LogP contribution in [0.15, 0.2) is 40.8 Å². The van der Waals surface area contributed by atoms with Gasteiger partial charge in [-0.15, -0.1) is 0 Å². The van der Waals surface area contributed by atoms with Gasteiger partial charge in [-0.25, -0.2) is 0 Å². The number of methoxy groups -OCH3 is 1. The molecule has 2 heterocycles. The smallest absolute Gasteiger partial charge is 0.287 e. The predicted molar refractivity (Wildman–Crippen MR) is 108 cm³/mol. The van der Waals surface area contributed by atoms with Gasteiger partial charge in [0.1, 0.15) is 23.9 Å². The maximum absolute atomic E-state index is 12.6. The largest absolute Gasteiger partial charge is 0.497 e. The standard InChI is InChI=1S/C22H30N2O4/c1-21(2)12-15(13-22(3,4)24-21)23-20(25)19-11-10-18(28-19)14-27-17-8-6-16(26-5)7-9-17/h6-11,15,24H,12-14H2,1-5H3,(H,23,25). The van der Waals surface area contributed by atoms with E-state index >= 15 is 0 Å². The molecule has 6 nitrogen and oxygen atoms in total. The molecule has 1 aromatic carbocycles. The van der Waals surface area contributed by atoms with E-state index in [4.69, 9.17) is 13.9 Å². The number of hydrogen-bond donors (Lipinski definition) is 2. The molecule has 0 unspecified atom stereocenters. The molecule has 1 aliphatic heterocycles. The lowest BCUT2D eigenvalue weighted by molar-refractivity contribution is 0.0842. The molecule has 152 valence electrons. The summed E-state index contributed by atoms with van der Waals surface area (Å²) < 4.78 is 16.5. The van der Waals surface area contributed by atoms with E-state index in [2.05, 4.69) is 38.3 Å². The zero-order valence-electron chi connectivity index (χ0n) is 17.3. The second-order valence-electron chi connectivity index (χ2n) is 8.70. The molecule has 1 fully saturated rings. The number of amides is 1. The van der Waals surface area contributed by atoms with Crippen LogP contribution in [0.5, 0.6) is 11.5 Å². The van der Waals surface area contributed by atoms with Crippen LogP contribution in [-0.4, -0.2) is 30.1 Å². The highest BCUT2D eigenvalue weighted by Crippen LogP contribution is 2.28. The van der Waals surface area contributed by atoms with E-state index in [-0.39, 0.29) is 29.6 Å². The molecule has 0 bridgehead atoms. The number of ether oxygens (including phenoxy) is 2. The van der Waals surface area contributed by atoms with Crippen LogP contribution in [0, 0.1) is 0 Å². The first-order chi connectivity index (χ1) is 13.2. The predicted octanol–water partition coefficient (Wildman–Crippen LogP) is 3.91. The van der Waals surface area contributed by atoms with Crippen molar-refractivity contribution >= 4 is 5.91 Å². The molecule has 0 radical (unpaired) electrons. The molecule has 0 spiro atoms. The van der Waals surface area contributed by atoms with Gasteiger partial charge in [-0.1, -0.05) is 0 Å². The Labute approximate surface area is 166 Å². The van der Waals surface area contributed by atoms with Gasteiger partial charge in [-0.05, 0) is 76.9 Å². The molecule has 0 atom stereocenters. The van der Waals surface area contributed by atoms with E-state index in [0.29, 0.717) is 17.3 Å². The average molecular weight is 386 g/mol. The summed E-state index contributed by atoms with van der Waals surface area (Å²) in [5.41, 5.74) is -0.0551. The van der Waals surface area contributed by atoms with Crippen LogP contribution in [0.4, 0.5) is 0 Å². The summed E-state index contributed by atoms with van der Waals surface area (Å²) in [5.74, 6) is 2.21. The van der Waals surface area contributed by atoms with Crippen LogP contribution < -0.4 is 20.1 Å². The van der Waals surface area contributed by atoms with Crippen LogP contribution in [-0.2, 0) is 6.61 Å². The van der Waals surface area contributed by atoms with Gasteiger partial charge in [-0.2, -0.15) is 0 Å². The van der Waals surface area contributed by atoms with Crippen LogP contribution in [0.1, 0.15) is 56.9 Å². The first-order valence-electron chi connectivity index (χ1n) is 9.62. The lowest BCUT2D eigenvalue weighted by Crippen LogP contribution is -2.62. The third-order valence-corrected chi connectivity index (χ3v) is 4.85. The van der Waals surface area contributed by atoms with Crippen LogP contribution in [0.25, 0.3) is 0 Å². The van der Waals surface area contributed by atoms with Crippen molar-refractivity contribution in [1.82, 2.24) is 10.6 Å². The Hall–Kier alpha value is -2.47. The summed E-state index contributed by atoms with van der Waals surface area (Å²) in [6.45, 7) is 8.90. The third kappa shape index (κ3) is 5.29. The summed E-state index contributed by atoms with van der Waals surface area (Å²) in [4.78, 5) is 12.6. The Morgan fingerprint density at radius 1 is 1.07 bits per heavy atom. The molecule has 6 heteroatoms. The number of piperidine rings is 1. The number of carbonyl (C=O) groups is 1. The SMILES string of the molecule is COc1ccc(OCc2ccc(C(=O)NC3CC(C)(C)NC(C)(C)C3)o2)cc1. The molecule has 1 aliphatic rings. The fourth-order valence-corrected chi connectivity index (χ4v) is 4.08. The monoisotopic (exact) mass is 386 g/mol. The molecule has 1 saturated heterocycles. The lowest BCUT2D eigenvalue weighted by Gasteiger charge is -2.46. The fourth-order valence-electron chi connectivity index (χ4n) is 4.08. The highest BCUT2D eigenvalue weighted by Gasteiger charge is 2.38. The van der Waals surface area contributed by atoms with Crippen molar-refractivity contribution in [2.75, 3.05) is 7.11 Å². The van der Waals surface area contributed by atoms with Crippen molar-refractivity contribution in [2.45, 2.75) is 64.3 Å². The summed E-state index contributed by atoms with van der Waals surface area (Å²) in [6.07, 6.45) is 1.74. The number of benzene rings is 1. The Morgan fingerprint density at radius 2 is 1.68 bits per heavy atom. The zero-order valence-corrected chi connectivity index (χ0v) is 17.3. The van der Waals surface area contributed by atoms with E-state index in [9.17, 15) is 4.79 Å². The first kappa shape index (κ1) is 20.3. The van der Waals surface area contributed by atoms with E-state index < -0.39 is 0 Å². The number of carbonyl (C=O) groups excluding carboxylic acids is 1. The molecular weight excluding hydrogens is 356 g/mol. The van der Waals surface area contributed by atoms with Crippen molar-refractivity contribution in [3.8, 4) is 11.5 Å². The minimum atomic E-state index is -0.186. The molecule has 3 rings (SSSR count). The number of furan rings is 1. The van der Waals surface area contributed by atoms with Gasteiger partial charge in [0, 0.05) is 17.1 Å². The summed E-state index contributed by atoms with van der Waals surface area (Å²) >= 11 is 0. The van der Waals surface area contributed by atoms with Gasteiger partial charge in [0.15, 0.2) is 5.76 Å². The first-order valence-corrected chi connectivity index (χ1v) is 9.62. The van der Waals surface area contributed by atoms with Crippen LogP contribution in [0.3, 0.4) is 0 Å². The Balaban J connectivity index is 1.56. The molecule has 1 aromatic heterocycles. The summed E-state index contributed by atoms with van der Waals surface area (Å²) in [5, 5.41) is 6.74. The second kappa shape index (κ2) is 7.87. The average Bonchev–Trinajstić information content (AvgIpc) is 3.07. The zero-order chi connectivity index (χ0) is 20.4. The maximum atomic E-state index is 12.6. The topological polar surface area (TPSA) is 72.7 Å². The van der Waals surface area contributed by atoms with Gasteiger partial charge in [0.05, 0.1) is 7.11 Å². The Kier molecular flexibility index (Phi) is 5.70. The quantitative estimate of drug-likeness (QED) is 0.788. The number of hydrogen-bond acceptors (Lipinski definition) is 5. The van der Waals surface area contributed by atoms with Gasteiger partial charge in [-0.3, -0.25) is 4.79 Å². The molecule has 0 aliphatic carbocycles. The molecule has 2 N–H and O–H groups in total. The molecule has 28 heavy (non-hydrogen) atoms. The Bertz CT molecular complexity index is 792. The van der Waals surface area contributed by atoms with Crippen molar-refractivity contribution in [2.24, 2.45) is 0 Å².